The fourth-order valence-corrected chi connectivity index (χ4v) is 2.59. The van der Waals surface area contributed by atoms with Crippen LogP contribution < -0.4 is 15.8 Å². The highest BCUT2D eigenvalue weighted by atomic mass is 32.2. The van der Waals surface area contributed by atoms with Crippen molar-refractivity contribution in [2.45, 2.75) is 37.8 Å². The normalized spacial score (nSPS) is 12.9. The van der Waals surface area contributed by atoms with Crippen molar-refractivity contribution in [3.63, 3.8) is 0 Å². The zero-order valence-electron chi connectivity index (χ0n) is 11.6. The molecule has 0 saturated heterocycles. The first-order valence-electron chi connectivity index (χ1n) is 6.35. The lowest BCUT2D eigenvalue weighted by atomic mass is 10.3. The monoisotopic (exact) mass is 300 g/mol. The Labute approximate surface area is 119 Å². The first-order valence-corrected chi connectivity index (χ1v) is 7.84. The average Bonchev–Trinajstić information content (AvgIpc) is 2.44. The zero-order chi connectivity index (χ0) is 15.2. The van der Waals surface area contributed by atoms with Crippen molar-refractivity contribution in [2.24, 2.45) is 5.73 Å². The number of rotatable bonds is 7. The number of sulfonamides is 1. The second kappa shape index (κ2) is 7.32. The number of hydrogen-bond donors (Lipinski definition) is 3. The lowest BCUT2D eigenvalue weighted by Crippen LogP contribution is -2.44. The van der Waals surface area contributed by atoms with Gasteiger partial charge in [0.1, 0.15) is 4.90 Å². The van der Waals surface area contributed by atoms with E-state index in [0.29, 0.717) is 12.2 Å². The lowest BCUT2D eigenvalue weighted by Gasteiger charge is -2.14. The van der Waals surface area contributed by atoms with Gasteiger partial charge >= 0.3 is 0 Å². The minimum atomic E-state index is -3.77. The highest BCUT2D eigenvalue weighted by molar-refractivity contribution is 7.89. The van der Waals surface area contributed by atoms with E-state index < -0.39 is 16.1 Å². The molecule has 8 heteroatoms. The predicted molar refractivity (Wildman–Crippen MR) is 75.2 cm³/mol. The van der Waals surface area contributed by atoms with Crippen molar-refractivity contribution in [3.05, 3.63) is 24.0 Å². The summed E-state index contributed by atoms with van der Waals surface area (Å²) in [7, 11) is -3.77. The van der Waals surface area contributed by atoms with E-state index in [1.165, 1.54) is 25.3 Å². The number of hydrogen-bond acceptors (Lipinski definition) is 5. The molecule has 0 saturated carbocycles. The summed E-state index contributed by atoms with van der Waals surface area (Å²) in [6.07, 6.45) is 2.01. The molecule has 0 aliphatic carbocycles. The van der Waals surface area contributed by atoms with Gasteiger partial charge in [0, 0.05) is 19.3 Å². The lowest BCUT2D eigenvalue weighted by molar-refractivity contribution is -0.122. The molecule has 1 unspecified atom stereocenters. The van der Waals surface area contributed by atoms with Gasteiger partial charge in [-0.25, -0.2) is 8.42 Å². The molecule has 1 aromatic rings. The molecule has 112 valence electrons. The first kappa shape index (κ1) is 16.5. The maximum Gasteiger partial charge on any atom is 0.242 e. The number of aromatic nitrogens is 1. The Kier molecular flexibility index (Phi) is 6.05. The van der Waals surface area contributed by atoms with Crippen LogP contribution in [0.1, 0.15) is 26.0 Å². The van der Waals surface area contributed by atoms with Gasteiger partial charge in [-0.1, -0.05) is 6.92 Å². The number of nitrogens with two attached hydrogens (primary N) is 1. The molecule has 0 aliphatic rings. The second-order valence-electron chi connectivity index (χ2n) is 4.32. The summed E-state index contributed by atoms with van der Waals surface area (Å²) in [6.45, 7) is 4.16. The van der Waals surface area contributed by atoms with E-state index in [1.807, 2.05) is 6.92 Å². The molecule has 0 bridgehead atoms. The molecule has 4 N–H and O–H groups in total. The van der Waals surface area contributed by atoms with Crippen molar-refractivity contribution in [2.75, 3.05) is 6.54 Å². The number of carbonyl (C=O) groups excluding carboxylic acids is 1. The third-order valence-electron chi connectivity index (χ3n) is 2.59. The van der Waals surface area contributed by atoms with Gasteiger partial charge in [0.25, 0.3) is 0 Å². The molecule has 0 fully saturated rings. The smallest absolute Gasteiger partial charge is 0.242 e. The Morgan fingerprint density at radius 1 is 1.45 bits per heavy atom. The summed E-state index contributed by atoms with van der Waals surface area (Å²) in [5.41, 5.74) is 5.99. The molecule has 0 aliphatic heterocycles. The largest absolute Gasteiger partial charge is 0.355 e. The van der Waals surface area contributed by atoms with Gasteiger partial charge in [0.2, 0.25) is 15.9 Å². The van der Waals surface area contributed by atoms with Crippen LogP contribution >= 0.6 is 0 Å². The molecule has 1 atom stereocenters. The van der Waals surface area contributed by atoms with Crippen LogP contribution in [0.2, 0.25) is 0 Å². The number of carbonyl (C=O) groups is 1. The van der Waals surface area contributed by atoms with E-state index in [2.05, 4.69) is 15.0 Å². The van der Waals surface area contributed by atoms with Gasteiger partial charge in [-0.15, -0.1) is 0 Å². The van der Waals surface area contributed by atoms with Crippen LogP contribution in [0.3, 0.4) is 0 Å². The summed E-state index contributed by atoms with van der Waals surface area (Å²) >= 11 is 0. The fourth-order valence-electron chi connectivity index (χ4n) is 1.45. The summed E-state index contributed by atoms with van der Waals surface area (Å²) in [6, 6.07) is 2.10. The second-order valence-corrected chi connectivity index (χ2v) is 6.04. The Hall–Kier alpha value is -1.51. The molecule has 0 spiro atoms. The highest BCUT2D eigenvalue weighted by Crippen LogP contribution is 2.08. The van der Waals surface area contributed by atoms with Crippen LogP contribution in [0.15, 0.2) is 23.2 Å². The summed E-state index contributed by atoms with van der Waals surface area (Å²) < 4.78 is 26.4. The summed E-state index contributed by atoms with van der Waals surface area (Å²) in [5, 5.41) is 2.63. The number of pyridine rings is 1. The minimum Gasteiger partial charge on any atom is -0.355 e. The molecule has 7 nitrogen and oxygen atoms in total. The Bertz CT molecular complexity index is 542. The molecular formula is C12H20N4O3S. The van der Waals surface area contributed by atoms with Crippen LogP contribution in [0.25, 0.3) is 0 Å². The van der Waals surface area contributed by atoms with Crippen LogP contribution in [0, 0.1) is 0 Å². The summed E-state index contributed by atoms with van der Waals surface area (Å²) in [4.78, 5) is 15.6. The standard InChI is InChI=1S/C12H20N4O3S/c1-3-6-14-12(17)9(2)16-20(18,19)11-5-4-10(7-13)15-8-11/h4-5,8-9,16H,3,6-7,13H2,1-2H3,(H,14,17). The van der Waals surface area contributed by atoms with Crippen molar-refractivity contribution >= 4 is 15.9 Å². The maximum absolute atomic E-state index is 12.1. The minimum absolute atomic E-state index is 0.00448. The molecule has 0 radical (unpaired) electrons. The first-order chi connectivity index (χ1) is 9.40. The van der Waals surface area contributed by atoms with Crippen molar-refractivity contribution < 1.29 is 13.2 Å². The third-order valence-corrected chi connectivity index (χ3v) is 4.12. The Morgan fingerprint density at radius 2 is 2.15 bits per heavy atom. The van der Waals surface area contributed by atoms with E-state index >= 15 is 0 Å². The van der Waals surface area contributed by atoms with Gasteiger partial charge in [-0.2, -0.15) is 4.72 Å². The van der Waals surface area contributed by atoms with E-state index in [4.69, 9.17) is 5.73 Å². The van der Waals surface area contributed by atoms with E-state index in [9.17, 15) is 13.2 Å². The maximum atomic E-state index is 12.1. The fraction of sp³-hybridized carbons (Fsp3) is 0.500. The molecule has 1 rings (SSSR count). The highest BCUT2D eigenvalue weighted by Gasteiger charge is 2.21. The van der Waals surface area contributed by atoms with E-state index in [-0.39, 0.29) is 17.3 Å². The third kappa shape index (κ3) is 4.55. The Morgan fingerprint density at radius 3 is 2.65 bits per heavy atom. The van der Waals surface area contributed by atoms with Gasteiger partial charge < -0.3 is 11.1 Å². The van der Waals surface area contributed by atoms with Gasteiger partial charge in [0.05, 0.1) is 11.7 Å². The Balaban J connectivity index is 2.75. The van der Waals surface area contributed by atoms with Gasteiger partial charge in [0.15, 0.2) is 0 Å². The van der Waals surface area contributed by atoms with Crippen molar-refractivity contribution in [1.29, 1.82) is 0 Å². The van der Waals surface area contributed by atoms with Crippen LogP contribution in [-0.4, -0.2) is 31.9 Å². The van der Waals surface area contributed by atoms with Crippen LogP contribution in [0.4, 0.5) is 0 Å². The molecule has 1 heterocycles. The van der Waals surface area contributed by atoms with Crippen LogP contribution in [0.5, 0.6) is 0 Å². The van der Waals surface area contributed by atoms with E-state index in [1.54, 1.807) is 0 Å². The van der Waals surface area contributed by atoms with Crippen molar-refractivity contribution in [3.8, 4) is 0 Å². The number of amides is 1. The number of nitrogens with one attached hydrogen (secondary N) is 2. The SMILES string of the molecule is CCCNC(=O)C(C)NS(=O)(=O)c1ccc(CN)nc1. The van der Waals surface area contributed by atoms with Gasteiger partial charge in [-0.05, 0) is 25.5 Å². The topological polar surface area (TPSA) is 114 Å². The quantitative estimate of drug-likeness (QED) is 0.641. The molecule has 0 aromatic carbocycles. The van der Waals surface area contributed by atoms with E-state index in [0.717, 1.165) is 6.42 Å². The molecule has 1 aromatic heterocycles. The van der Waals surface area contributed by atoms with Gasteiger partial charge in [-0.3, -0.25) is 9.78 Å². The van der Waals surface area contributed by atoms with Crippen LogP contribution in [-0.2, 0) is 21.4 Å². The predicted octanol–water partition coefficient (Wildman–Crippen LogP) is -0.267. The molecule has 20 heavy (non-hydrogen) atoms. The summed E-state index contributed by atoms with van der Waals surface area (Å²) in [5.74, 6) is -0.359. The average molecular weight is 300 g/mol. The number of nitrogens with zero attached hydrogens (tertiary/aromatic N) is 1. The molecular weight excluding hydrogens is 280 g/mol. The zero-order valence-corrected chi connectivity index (χ0v) is 12.4. The van der Waals surface area contributed by atoms with Crippen molar-refractivity contribution in [1.82, 2.24) is 15.0 Å². The molecule has 1 amide bonds.